The summed E-state index contributed by atoms with van der Waals surface area (Å²) in [5.41, 5.74) is 0. The van der Waals surface area contributed by atoms with Gasteiger partial charge in [0.2, 0.25) is 5.13 Å². The number of aliphatic hydroxyl groups is 2. The molecular formula is C13H16N4O5S. The SMILES string of the molecule is O=C(NCc1ccco1)Nc1nnc([C@H]2C[C@H](O)[C@@H](CO)O2)s1. The zero-order valence-corrected chi connectivity index (χ0v) is 12.8. The molecule has 0 saturated carbocycles. The summed E-state index contributed by atoms with van der Waals surface area (Å²) in [5, 5.41) is 32.7. The van der Waals surface area contributed by atoms with Crippen molar-refractivity contribution in [3.05, 3.63) is 29.2 Å². The van der Waals surface area contributed by atoms with Crippen LogP contribution in [0, 0.1) is 0 Å². The molecule has 9 nitrogen and oxygen atoms in total. The lowest BCUT2D eigenvalue weighted by Gasteiger charge is -2.09. The van der Waals surface area contributed by atoms with Crippen LogP contribution in [0.3, 0.4) is 0 Å². The topological polar surface area (TPSA) is 130 Å². The second kappa shape index (κ2) is 7.04. The van der Waals surface area contributed by atoms with E-state index in [1.54, 1.807) is 12.1 Å². The minimum atomic E-state index is -0.734. The fourth-order valence-electron chi connectivity index (χ4n) is 2.19. The van der Waals surface area contributed by atoms with Crippen molar-refractivity contribution in [1.82, 2.24) is 15.5 Å². The molecule has 4 N–H and O–H groups in total. The van der Waals surface area contributed by atoms with Crippen molar-refractivity contribution in [2.24, 2.45) is 0 Å². The minimum Gasteiger partial charge on any atom is -0.467 e. The van der Waals surface area contributed by atoms with Gasteiger partial charge in [0.05, 0.1) is 25.5 Å². The Hall–Kier alpha value is -2.01. The summed E-state index contributed by atoms with van der Waals surface area (Å²) in [5.74, 6) is 0.640. The van der Waals surface area contributed by atoms with Crippen LogP contribution in [0.5, 0.6) is 0 Å². The van der Waals surface area contributed by atoms with E-state index in [1.807, 2.05) is 0 Å². The van der Waals surface area contributed by atoms with Gasteiger partial charge in [-0.1, -0.05) is 11.3 Å². The van der Waals surface area contributed by atoms with Gasteiger partial charge >= 0.3 is 6.03 Å². The van der Waals surface area contributed by atoms with Gasteiger partial charge in [-0.25, -0.2) is 4.79 Å². The molecule has 1 aliphatic rings. The number of furan rings is 1. The average Bonchev–Trinajstić information content (AvgIpc) is 3.25. The van der Waals surface area contributed by atoms with E-state index in [0.717, 1.165) is 11.3 Å². The van der Waals surface area contributed by atoms with Crippen LogP contribution in [0.1, 0.15) is 23.3 Å². The number of ether oxygens (including phenoxy) is 1. The third kappa shape index (κ3) is 3.85. The van der Waals surface area contributed by atoms with Gasteiger partial charge in [0, 0.05) is 6.42 Å². The van der Waals surface area contributed by atoms with Gasteiger partial charge < -0.3 is 24.7 Å². The van der Waals surface area contributed by atoms with Crippen molar-refractivity contribution in [3.63, 3.8) is 0 Å². The highest BCUT2D eigenvalue weighted by Gasteiger charge is 2.36. The maximum Gasteiger partial charge on any atom is 0.321 e. The Morgan fingerprint density at radius 3 is 3.04 bits per heavy atom. The van der Waals surface area contributed by atoms with Crippen molar-refractivity contribution in [2.75, 3.05) is 11.9 Å². The molecule has 0 bridgehead atoms. The van der Waals surface area contributed by atoms with Crippen LogP contribution in [0.15, 0.2) is 22.8 Å². The van der Waals surface area contributed by atoms with Gasteiger partial charge in [-0.3, -0.25) is 5.32 Å². The Bertz CT molecular complexity index is 647. The first-order chi connectivity index (χ1) is 11.2. The monoisotopic (exact) mass is 340 g/mol. The third-order valence-electron chi connectivity index (χ3n) is 3.34. The zero-order chi connectivity index (χ0) is 16.2. The van der Waals surface area contributed by atoms with E-state index in [2.05, 4.69) is 20.8 Å². The summed E-state index contributed by atoms with van der Waals surface area (Å²) in [6.45, 7) is 0.0113. The quantitative estimate of drug-likeness (QED) is 0.628. The largest absolute Gasteiger partial charge is 0.467 e. The van der Waals surface area contributed by atoms with Crippen molar-refractivity contribution < 1.29 is 24.2 Å². The smallest absolute Gasteiger partial charge is 0.321 e. The van der Waals surface area contributed by atoms with E-state index in [0.29, 0.717) is 22.3 Å². The third-order valence-corrected chi connectivity index (χ3v) is 4.27. The summed E-state index contributed by atoms with van der Waals surface area (Å²) in [6, 6.07) is 3.07. The molecule has 1 saturated heterocycles. The Morgan fingerprint density at radius 2 is 2.35 bits per heavy atom. The predicted octanol–water partition coefficient (Wildman–Crippen LogP) is 0.636. The molecule has 3 rings (SSSR count). The van der Waals surface area contributed by atoms with E-state index in [9.17, 15) is 9.90 Å². The van der Waals surface area contributed by atoms with Crippen molar-refractivity contribution in [1.29, 1.82) is 0 Å². The van der Waals surface area contributed by atoms with Gasteiger partial charge in [0.1, 0.15) is 23.0 Å². The number of rotatable bonds is 5. The fourth-order valence-corrected chi connectivity index (χ4v) is 2.98. The zero-order valence-electron chi connectivity index (χ0n) is 12.0. The molecule has 0 aliphatic carbocycles. The van der Waals surface area contributed by atoms with Gasteiger partial charge in [-0.2, -0.15) is 0 Å². The van der Waals surface area contributed by atoms with Crippen LogP contribution < -0.4 is 10.6 Å². The van der Waals surface area contributed by atoms with Crippen LogP contribution >= 0.6 is 11.3 Å². The molecule has 0 unspecified atom stereocenters. The number of carbonyl (C=O) groups is 1. The highest BCUT2D eigenvalue weighted by molar-refractivity contribution is 7.15. The molecule has 0 spiro atoms. The molecule has 23 heavy (non-hydrogen) atoms. The number of hydrogen-bond donors (Lipinski definition) is 4. The van der Waals surface area contributed by atoms with Gasteiger partial charge in [0.15, 0.2) is 0 Å². The van der Waals surface area contributed by atoms with Crippen molar-refractivity contribution in [2.45, 2.75) is 31.3 Å². The molecule has 0 aromatic carbocycles. The molecular weight excluding hydrogens is 324 g/mol. The lowest BCUT2D eigenvalue weighted by molar-refractivity contribution is -0.0227. The summed E-state index contributed by atoms with van der Waals surface area (Å²) in [6.07, 6.45) is 0.0896. The Labute approximate surface area is 135 Å². The van der Waals surface area contributed by atoms with E-state index in [4.69, 9.17) is 14.3 Å². The number of nitrogens with one attached hydrogen (secondary N) is 2. The van der Waals surface area contributed by atoms with Crippen molar-refractivity contribution in [3.8, 4) is 0 Å². The van der Waals surface area contributed by atoms with Crippen LogP contribution in [0.25, 0.3) is 0 Å². The Balaban J connectivity index is 1.52. The summed E-state index contributed by atoms with van der Waals surface area (Å²) < 4.78 is 10.6. The minimum absolute atomic E-state index is 0.253. The molecule has 1 fully saturated rings. The lowest BCUT2D eigenvalue weighted by Crippen LogP contribution is -2.27. The number of carbonyl (C=O) groups excluding carboxylic acids is 1. The van der Waals surface area contributed by atoms with E-state index in [1.165, 1.54) is 6.26 Å². The van der Waals surface area contributed by atoms with E-state index >= 15 is 0 Å². The van der Waals surface area contributed by atoms with Crippen LogP contribution in [0.2, 0.25) is 0 Å². The number of aromatic nitrogens is 2. The predicted molar refractivity (Wildman–Crippen MR) is 79.8 cm³/mol. The van der Waals surface area contributed by atoms with Crippen molar-refractivity contribution >= 4 is 22.5 Å². The number of nitrogens with zero attached hydrogens (tertiary/aromatic N) is 2. The van der Waals surface area contributed by atoms with E-state index in [-0.39, 0.29) is 13.2 Å². The lowest BCUT2D eigenvalue weighted by atomic mass is 10.1. The number of hydrogen-bond acceptors (Lipinski definition) is 8. The first-order valence-corrected chi connectivity index (χ1v) is 7.82. The molecule has 2 aromatic rings. The maximum absolute atomic E-state index is 11.8. The molecule has 3 atom stereocenters. The van der Waals surface area contributed by atoms with E-state index < -0.39 is 24.3 Å². The Kier molecular flexibility index (Phi) is 4.86. The second-order valence-corrected chi connectivity index (χ2v) is 5.99. The second-order valence-electron chi connectivity index (χ2n) is 4.98. The fraction of sp³-hybridized carbons (Fsp3) is 0.462. The molecule has 124 valence electrons. The summed E-state index contributed by atoms with van der Waals surface area (Å²) in [4.78, 5) is 11.8. The summed E-state index contributed by atoms with van der Waals surface area (Å²) in [7, 11) is 0. The Morgan fingerprint density at radius 1 is 1.48 bits per heavy atom. The molecule has 3 heterocycles. The number of aliphatic hydroxyl groups excluding tert-OH is 2. The first-order valence-electron chi connectivity index (χ1n) is 7.00. The summed E-state index contributed by atoms with van der Waals surface area (Å²) >= 11 is 1.16. The van der Waals surface area contributed by atoms with Crippen LogP contribution in [-0.4, -0.2) is 45.3 Å². The average molecular weight is 340 g/mol. The van der Waals surface area contributed by atoms with Crippen LogP contribution in [0.4, 0.5) is 9.93 Å². The molecule has 1 aliphatic heterocycles. The number of anilines is 1. The normalized spacial score (nSPS) is 23.8. The highest BCUT2D eigenvalue weighted by Crippen LogP contribution is 2.35. The molecule has 10 heteroatoms. The highest BCUT2D eigenvalue weighted by atomic mass is 32.1. The van der Waals surface area contributed by atoms with Gasteiger partial charge in [-0.15, -0.1) is 10.2 Å². The number of amides is 2. The number of urea groups is 1. The molecule has 0 radical (unpaired) electrons. The maximum atomic E-state index is 11.8. The van der Waals surface area contributed by atoms with Gasteiger partial charge in [0.25, 0.3) is 0 Å². The van der Waals surface area contributed by atoms with Crippen LogP contribution in [-0.2, 0) is 11.3 Å². The van der Waals surface area contributed by atoms with Gasteiger partial charge in [-0.05, 0) is 12.1 Å². The molecule has 2 amide bonds. The standard InChI is InChI=1S/C13H16N4O5S/c18-6-10-8(19)4-9(22-10)11-16-17-13(23-11)15-12(20)14-5-7-2-1-3-21-7/h1-3,8-10,18-19H,4-6H2,(H2,14,15,17,20)/t8-,9+,10+/m0/s1. The first kappa shape index (κ1) is 15.9. The molecule has 2 aromatic heterocycles.